The Labute approximate surface area is 224 Å². The first-order chi connectivity index (χ1) is 17.1. The van der Waals surface area contributed by atoms with Crippen LogP contribution in [0.1, 0.15) is 11.1 Å². The Morgan fingerprint density at radius 1 is 0.639 bits per heavy atom. The minimum Gasteiger partial charge on any atom is -0.365 e. The van der Waals surface area contributed by atoms with Gasteiger partial charge in [-0.1, -0.05) is 72.8 Å². The summed E-state index contributed by atoms with van der Waals surface area (Å²) >= 11 is 0. The van der Waals surface area contributed by atoms with Crippen LogP contribution in [0.4, 0.5) is 0 Å². The molecule has 0 bridgehead atoms. The molecule has 3 aliphatic heterocycles. The van der Waals surface area contributed by atoms with Crippen molar-refractivity contribution in [2.24, 2.45) is 0 Å². The van der Waals surface area contributed by atoms with Crippen LogP contribution in [-0.4, -0.2) is 71.3 Å². The maximum atomic E-state index is 12.4. The van der Waals surface area contributed by atoms with Crippen LogP contribution in [0.2, 0.25) is 0 Å². The van der Waals surface area contributed by atoms with Gasteiger partial charge in [-0.05, 0) is 23.3 Å². The molecular formula is C29H27N3O3Pd. The molecule has 4 aliphatic rings. The predicted octanol–water partition coefficient (Wildman–Crippen LogP) is 3.16. The Balaban J connectivity index is 0.000000164. The molecule has 0 aromatic heterocycles. The number of nitrogens with zero attached hydrogens (tertiary/aromatic N) is 3. The number of hydrogen-bond acceptors (Lipinski definition) is 6. The van der Waals surface area contributed by atoms with Crippen molar-refractivity contribution in [2.75, 3.05) is 39.3 Å². The molecule has 36 heavy (non-hydrogen) atoms. The quantitative estimate of drug-likeness (QED) is 0.220. The number of ketones is 3. The number of rotatable bonds is 7. The van der Waals surface area contributed by atoms with E-state index in [1.807, 2.05) is 87.5 Å². The Kier molecular flexibility index (Phi) is 8.15. The van der Waals surface area contributed by atoms with Crippen molar-refractivity contribution in [2.45, 2.75) is 0 Å². The molecule has 2 aromatic carbocycles. The molecular weight excluding hydrogens is 545 g/mol. The summed E-state index contributed by atoms with van der Waals surface area (Å²) in [5.74, 6) is 0.0371. The smallest absolute Gasteiger partial charge is 0.227 e. The van der Waals surface area contributed by atoms with E-state index in [1.165, 1.54) is 6.08 Å². The molecule has 0 radical (unpaired) electrons. The van der Waals surface area contributed by atoms with Crippen LogP contribution in [0.15, 0.2) is 96.0 Å². The standard InChI is InChI=1S/C17H14O.C12H13N3O2.Pd/c18-17(13-11-15-7-3-1-4-8-15)14-12-16-9-5-2-6-10-16;16-9-7-8(13-1-2-13)12(17)11(15-5-6-15)10(9)14-3-4-14;/h1-14H;7H,1-6H2;/b13-11-,14-12+;;. The predicted molar refractivity (Wildman–Crippen MR) is 136 cm³/mol. The number of allylic oxidation sites excluding steroid dienone is 3. The van der Waals surface area contributed by atoms with E-state index in [0.29, 0.717) is 17.1 Å². The monoisotopic (exact) mass is 571 g/mol. The summed E-state index contributed by atoms with van der Waals surface area (Å²) in [6, 6.07) is 19.6. The van der Waals surface area contributed by atoms with Crippen molar-refractivity contribution in [1.82, 2.24) is 14.7 Å². The van der Waals surface area contributed by atoms with Crippen LogP contribution in [0, 0.1) is 0 Å². The maximum absolute atomic E-state index is 12.4. The van der Waals surface area contributed by atoms with E-state index in [4.69, 9.17) is 0 Å². The molecule has 0 saturated carbocycles. The Morgan fingerprint density at radius 2 is 1.08 bits per heavy atom. The maximum Gasteiger partial charge on any atom is 0.227 e. The molecule has 0 spiro atoms. The second-order valence-corrected chi connectivity index (χ2v) is 8.77. The van der Waals surface area contributed by atoms with Gasteiger partial charge in [-0.15, -0.1) is 0 Å². The number of Topliss-reactive ketones (excluding diaryl/α,β-unsaturated/α-hetero) is 1. The summed E-state index contributed by atoms with van der Waals surface area (Å²) in [6.07, 6.45) is 8.31. The molecule has 0 unspecified atom stereocenters. The molecule has 3 fully saturated rings. The molecule has 0 N–H and O–H groups in total. The van der Waals surface area contributed by atoms with Gasteiger partial charge < -0.3 is 14.7 Å². The molecule has 2 aromatic rings. The molecule has 7 heteroatoms. The number of carbonyl (C=O) groups is 3. The third kappa shape index (κ3) is 6.57. The first-order valence-corrected chi connectivity index (χ1v) is 11.9. The van der Waals surface area contributed by atoms with Gasteiger partial charge in [0.1, 0.15) is 11.4 Å². The first-order valence-electron chi connectivity index (χ1n) is 11.9. The minimum absolute atomic E-state index is 0. The molecule has 3 saturated heterocycles. The van der Waals surface area contributed by atoms with Crippen LogP contribution in [0.3, 0.4) is 0 Å². The zero-order chi connectivity index (χ0) is 24.2. The van der Waals surface area contributed by atoms with E-state index in [9.17, 15) is 14.4 Å². The fourth-order valence-corrected chi connectivity index (χ4v) is 3.82. The minimum atomic E-state index is -0.0114. The normalized spacial score (nSPS) is 18.1. The summed E-state index contributed by atoms with van der Waals surface area (Å²) in [5, 5.41) is 0. The summed E-state index contributed by atoms with van der Waals surface area (Å²) in [6.45, 7) is 5.41. The van der Waals surface area contributed by atoms with Gasteiger partial charge in [-0.3, -0.25) is 14.4 Å². The van der Waals surface area contributed by atoms with Crippen LogP contribution in [-0.2, 0) is 34.8 Å². The van der Waals surface area contributed by atoms with E-state index in [0.717, 1.165) is 50.4 Å². The van der Waals surface area contributed by atoms with Gasteiger partial charge in [0.15, 0.2) is 5.78 Å². The SMILES string of the molecule is O=C(/C=C\c1ccccc1)/C=C/c1ccccc1.O=C1C=C(N2CC2)C(=O)C(N2CC2)=C1N1CC1.[Pd]. The van der Waals surface area contributed by atoms with Crippen molar-refractivity contribution < 1.29 is 34.8 Å². The van der Waals surface area contributed by atoms with E-state index in [1.54, 1.807) is 12.2 Å². The van der Waals surface area contributed by atoms with Crippen molar-refractivity contribution >= 4 is 29.5 Å². The molecule has 186 valence electrons. The van der Waals surface area contributed by atoms with Gasteiger partial charge in [0.05, 0.1) is 5.70 Å². The molecule has 3 heterocycles. The molecule has 0 atom stereocenters. The molecule has 1 aliphatic carbocycles. The first kappa shape index (κ1) is 25.6. The number of hydrogen-bond donors (Lipinski definition) is 0. The van der Waals surface area contributed by atoms with E-state index in [-0.39, 0.29) is 37.8 Å². The van der Waals surface area contributed by atoms with E-state index >= 15 is 0 Å². The number of carbonyl (C=O) groups excluding carboxylic acids is 3. The van der Waals surface area contributed by atoms with Gasteiger partial charge in [0.2, 0.25) is 11.6 Å². The van der Waals surface area contributed by atoms with Crippen LogP contribution in [0.5, 0.6) is 0 Å². The van der Waals surface area contributed by atoms with Gasteiger partial charge in [-0.2, -0.15) is 0 Å². The third-order valence-corrected chi connectivity index (χ3v) is 5.97. The van der Waals surface area contributed by atoms with Crippen LogP contribution >= 0.6 is 0 Å². The summed E-state index contributed by atoms with van der Waals surface area (Å²) < 4.78 is 0. The fourth-order valence-electron chi connectivity index (χ4n) is 3.82. The topological polar surface area (TPSA) is 60.2 Å². The average Bonchev–Trinajstić information content (AvgIpc) is 3.72. The van der Waals surface area contributed by atoms with Gasteiger partial charge in [0, 0.05) is 65.8 Å². The zero-order valence-corrected chi connectivity index (χ0v) is 21.3. The number of benzene rings is 2. The van der Waals surface area contributed by atoms with Crippen molar-refractivity contribution in [3.05, 3.63) is 107 Å². The molecule has 6 rings (SSSR count). The second kappa shape index (κ2) is 11.5. The Morgan fingerprint density at radius 3 is 1.53 bits per heavy atom. The van der Waals surface area contributed by atoms with Crippen molar-refractivity contribution in [3.8, 4) is 0 Å². The molecule has 6 nitrogen and oxygen atoms in total. The Bertz CT molecular complexity index is 1200. The summed E-state index contributed by atoms with van der Waals surface area (Å²) in [4.78, 5) is 42.1. The van der Waals surface area contributed by atoms with Gasteiger partial charge in [-0.25, -0.2) is 0 Å². The van der Waals surface area contributed by atoms with E-state index < -0.39 is 0 Å². The Hall–Kier alpha value is -3.53. The third-order valence-electron chi connectivity index (χ3n) is 5.97. The van der Waals surface area contributed by atoms with E-state index in [2.05, 4.69) is 0 Å². The van der Waals surface area contributed by atoms with Crippen LogP contribution < -0.4 is 0 Å². The van der Waals surface area contributed by atoms with Crippen molar-refractivity contribution in [1.29, 1.82) is 0 Å². The average molecular weight is 572 g/mol. The van der Waals surface area contributed by atoms with Gasteiger partial charge >= 0.3 is 0 Å². The largest absolute Gasteiger partial charge is 0.365 e. The fraction of sp³-hybridized carbons (Fsp3) is 0.207. The zero-order valence-electron chi connectivity index (χ0n) is 19.8. The van der Waals surface area contributed by atoms with Gasteiger partial charge in [0.25, 0.3) is 0 Å². The summed E-state index contributed by atoms with van der Waals surface area (Å²) in [5.41, 5.74) is 3.94. The van der Waals surface area contributed by atoms with Crippen LogP contribution in [0.25, 0.3) is 12.2 Å². The summed E-state index contributed by atoms with van der Waals surface area (Å²) in [7, 11) is 0. The van der Waals surface area contributed by atoms with Crippen molar-refractivity contribution in [3.63, 3.8) is 0 Å². The molecule has 0 amide bonds. The second-order valence-electron chi connectivity index (χ2n) is 8.77.